The van der Waals surface area contributed by atoms with Gasteiger partial charge in [0.2, 0.25) is 5.91 Å². The standard InChI is InChI=1S/C24H32N2O2/c1-18-7-9-21(10-8-18)17-26-14-11-22(12-15-26)24(27)25-13-16-28-23-6-4-5-19(2)20(23)3/h4-10,22H,11-17H2,1-3H3,(H,25,27). The summed E-state index contributed by atoms with van der Waals surface area (Å²) in [5.41, 5.74) is 5.02. The summed E-state index contributed by atoms with van der Waals surface area (Å²) in [6.45, 7) is 10.2. The largest absolute Gasteiger partial charge is 0.491 e. The van der Waals surface area contributed by atoms with Gasteiger partial charge >= 0.3 is 0 Å². The number of nitrogens with zero attached hydrogens (tertiary/aromatic N) is 1. The zero-order valence-electron chi connectivity index (χ0n) is 17.3. The number of benzene rings is 2. The molecule has 1 N–H and O–H groups in total. The second kappa shape index (κ2) is 9.74. The van der Waals surface area contributed by atoms with E-state index in [1.54, 1.807) is 0 Å². The summed E-state index contributed by atoms with van der Waals surface area (Å²) < 4.78 is 5.82. The van der Waals surface area contributed by atoms with Gasteiger partial charge in [0.05, 0.1) is 6.54 Å². The van der Waals surface area contributed by atoms with Crippen LogP contribution in [0.1, 0.15) is 35.1 Å². The molecule has 4 nitrogen and oxygen atoms in total. The number of piperidine rings is 1. The summed E-state index contributed by atoms with van der Waals surface area (Å²) in [4.78, 5) is 14.9. The lowest BCUT2D eigenvalue weighted by Crippen LogP contribution is -2.41. The van der Waals surface area contributed by atoms with Gasteiger partial charge in [0.25, 0.3) is 0 Å². The highest BCUT2D eigenvalue weighted by molar-refractivity contribution is 5.78. The molecule has 1 fully saturated rings. The van der Waals surface area contributed by atoms with Crippen molar-refractivity contribution in [2.75, 3.05) is 26.2 Å². The number of likely N-dealkylation sites (tertiary alicyclic amines) is 1. The first-order valence-corrected chi connectivity index (χ1v) is 10.3. The second-order valence-electron chi connectivity index (χ2n) is 7.87. The fourth-order valence-electron chi connectivity index (χ4n) is 3.67. The Bertz CT molecular complexity index is 778. The smallest absolute Gasteiger partial charge is 0.223 e. The normalized spacial score (nSPS) is 15.4. The van der Waals surface area contributed by atoms with Crippen LogP contribution in [0.3, 0.4) is 0 Å². The molecule has 2 aromatic carbocycles. The Morgan fingerprint density at radius 3 is 2.50 bits per heavy atom. The SMILES string of the molecule is Cc1ccc(CN2CCC(C(=O)NCCOc3cccc(C)c3C)CC2)cc1. The highest BCUT2D eigenvalue weighted by Crippen LogP contribution is 2.21. The van der Waals surface area contributed by atoms with E-state index in [9.17, 15) is 4.79 Å². The Morgan fingerprint density at radius 1 is 1.07 bits per heavy atom. The van der Waals surface area contributed by atoms with Crippen molar-refractivity contribution < 1.29 is 9.53 Å². The zero-order chi connectivity index (χ0) is 19.9. The molecule has 0 aliphatic carbocycles. The minimum Gasteiger partial charge on any atom is -0.491 e. The summed E-state index contributed by atoms with van der Waals surface area (Å²) in [6.07, 6.45) is 1.85. The first kappa shape index (κ1) is 20.4. The topological polar surface area (TPSA) is 41.6 Å². The molecule has 28 heavy (non-hydrogen) atoms. The van der Waals surface area contributed by atoms with Crippen LogP contribution < -0.4 is 10.1 Å². The zero-order valence-corrected chi connectivity index (χ0v) is 17.3. The molecule has 0 aromatic heterocycles. The summed E-state index contributed by atoms with van der Waals surface area (Å²) in [5, 5.41) is 3.05. The first-order chi connectivity index (χ1) is 13.5. The van der Waals surface area contributed by atoms with Crippen LogP contribution in [0, 0.1) is 26.7 Å². The maximum atomic E-state index is 12.4. The van der Waals surface area contributed by atoms with Gasteiger partial charge in [-0.15, -0.1) is 0 Å². The van der Waals surface area contributed by atoms with Gasteiger partial charge in [0.15, 0.2) is 0 Å². The molecule has 0 saturated carbocycles. The van der Waals surface area contributed by atoms with E-state index in [1.165, 1.54) is 16.7 Å². The highest BCUT2D eigenvalue weighted by atomic mass is 16.5. The van der Waals surface area contributed by atoms with Gasteiger partial charge in [-0.1, -0.05) is 42.0 Å². The lowest BCUT2D eigenvalue weighted by molar-refractivity contribution is -0.126. The van der Waals surface area contributed by atoms with Crippen LogP contribution in [0.4, 0.5) is 0 Å². The van der Waals surface area contributed by atoms with Crippen molar-refractivity contribution in [3.05, 3.63) is 64.7 Å². The Balaban J connectivity index is 1.35. The third-order valence-corrected chi connectivity index (χ3v) is 5.70. The molecule has 1 heterocycles. The molecule has 1 aliphatic heterocycles. The molecular weight excluding hydrogens is 348 g/mol. The van der Waals surface area contributed by atoms with Gasteiger partial charge in [0, 0.05) is 12.5 Å². The van der Waals surface area contributed by atoms with E-state index in [0.717, 1.165) is 43.8 Å². The minimum atomic E-state index is 0.120. The molecule has 0 atom stereocenters. The molecule has 4 heteroatoms. The summed E-state index contributed by atoms with van der Waals surface area (Å²) in [5.74, 6) is 1.19. The van der Waals surface area contributed by atoms with Crippen molar-refractivity contribution in [3.63, 3.8) is 0 Å². The van der Waals surface area contributed by atoms with Gasteiger partial charge in [0.1, 0.15) is 12.4 Å². The van der Waals surface area contributed by atoms with Gasteiger partial charge in [-0.3, -0.25) is 9.69 Å². The number of hydrogen-bond donors (Lipinski definition) is 1. The lowest BCUT2D eigenvalue weighted by Gasteiger charge is -2.31. The molecule has 0 unspecified atom stereocenters. The molecule has 3 rings (SSSR count). The molecule has 150 valence electrons. The third kappa shape index (κ3) is 5.59. The van der Waals surface area contributed by atoms with Crippen molar-refractivity contribution in [2.24, 2.45) is 5.92 Å². The number of nitrogens with one attached hydrogen (secondary N) is 1. The summed E-state index contributed by atoms with van der Waals surface area (Å²) >= 11 is 0. The van der Waals surface area contributed by atoms with Gasteiger partial charge < -0.3 is 10.1 Å². The number of rotatable bonds is 7. The molecule has 2 aromatic rings. The van der Waals surface area contributed by atoms with E-state index in [4.69, 9.17) is 4.74 Å². The number of aryl methyl sites for hydroxylation is 2. The highest BCUT2D eigenvalue weighted by Gasteiger charge is 2.24. The molecule has 0 radical (unpaired) electrons. The van der Waals surface area contributed by atoms with Gasteiger partial charge in [-0.2, -0.15) is 0 Å². The molecular formula is C24H32N2O2. The number of hydrogen-bond acceptors (Lipinski definition) is 3. The predicted octanol–water partition coefficient (Wildman–Crippen LogP) is 4.02. The Labute approximate surface area is 168 Å². The maximum Gasteiger partial charge on any atom is 0.223 e. The van der Waals surface area contributed by atoms with Gasteiger partial charge in [-0.25, -0.2) is 0 Å². The van der Waals surface area contributed by atoms with Crippen LogP contribution in [0.2, 0.25) is 0 Å². The molecule has 0 spiro atoms. The number of carbonyl (C=O) groups is 1. The van der Waals surface area contributed by atoms with Crippen molar-refractivity contribution in [1.82, 2.24) is 10.2 Å². The number of amides is 1. The summed E-state index contributed by atoms with van der Waals surface area (Å²) in [7, 11) is 0. The third-order valence-electron chi connectivity index (χ3n) is 5.70. The van der Waals surface area contributed by atoms with E-state index in [1.807, 2.05) is 12.1 Å². The van der Waals surface area contributed by atoms with Crippen molar-refractivity contribution in [1.29, 1.82) is 0 Å². The monoisotopic (exact) mass is 380 g/mol. The van der Waals surface area contributed by atoms with E-state index >= 15 is 0 Å². The predicted molar refractivity (Wildman–Crippen MR) is 114 cm³/mol. The molecule has 0 bridgehead atoms. The van der Waals surface area contributed by atoms with E-state index in [-0.39, 0.29) is 11.8 Å². The minimum absolute atomic E-state index is 0.120. The Hall–Kier alpha value is -2.33. The van der Waals surface area contributed by atoms with Crippen molar-refractivity contribution >= 4 is 5.91 Å². The van der Waals surface area contributed by atoms with E-state index in [2.05, 4.69) is 61.3 Å². The average molecular weight is 381 g/mol. The van der Waals surface area contributed by atoms with Crippen LogP contribution in [0.15, 0.2) is 42.5 Å². The Kier molecular flexibility index (Phi) is 7.10. The molecule has 1 saturated heterocycles. The Morgan fingerprint density at radius 2 is 1.79 bits per heavy atom. The maximum absolute atomic E-state index is 12.4. The van der Waals surface area contributed by atoms with E-state index in [0.29, 0.717) is 13.2 Å². The van der Waals surface area contributed by atoms with Crippen LogP contribution in [0.25, 0.3) is 0 Å². The fraction of sp³-hybridized carbons (Fsp3) is 0.458. The van der Waals surface area contributed by atoms with Crippen LogP contribution in [0.5, 0.6) is 5.75 Å². The first-order valence-electron chi connectivity index (χ1n) is 10.3. The number of carbonyl (C=O) groups excluding carboxylic acids is 1. The molecule has 1 aliphatic rings. The van der Waals surface area contributed by atoms with Crippen LogP contribution >= 0.6 is 0 Å². The van der Waals surface area contributed by atoms with Crippen molar-refractivity contribution in [2.45, 2.75) is 40.2 Å². The summed E-state index contributed by atoms with van der Waals surface area (Å²) in [6, 6.07) is 14.8. The second-order valence-corrected chi connectivity index (χ2v) is 7.87. The van der Waals surface area contributed by atoms with Crippen LogP contribution in [-0.4, -0.2) is 37.0 Å². The quantitative estimate of drug-likeness (QED) is 0.738. The fourth-order valence-corrected chi connectivity index (χ4v) is 3.67. The average Bonchev–Trinajstić information content (AvgIpc) is 2.70. The van der Waals surface area contributed by atoms with Gasteiger partial charge in [-0.05, 0) is 69.5 Å². The molecule has 1 amide bonds. The number of ether oxygens (including phenoxy) is 1. The van der Waals surface area contributed by atoms with Crippen LogP contribution in [-0.2, 0) is 11.3 Å². The van der Waals surface area contributed by atoms with Crippen molar-refractivity contribution in [3.8, 4) is 5.75 Å². The van der Waals surface area contributed by atoms with E-state index < -0.39 is 0 Å². The lowest BCUT2D eigenvalue weighted by atomic mass is 9.95.